The summed E-state index contributed by atoms with van der Waals surface area (Å²) in [6.07, 6.45) is 0.788. The number of hydrogen-bond donors (Lipinski definition) is 1. The molecule has 2 aromatic heterocycles. The molecule has 0 saturated heterocycles. The summed E-state index contributed by atoms with van der Waals surface area (Å²) in [4.78, 5) is 18.6. The number of ether oxygens (including phenoxy) is 1. The smallest absolute Gasteiger partial charge is 0.252 e. The Hall–Kier alpha value is -3.52. The molecular weight excluding hydrogens is 452 g/mol. The standard InChI is InChI=1S/C28H36N6O2/c1-8-25(26-30-31-32-34(26)28(4,5)6)33(16-20-9-11-22(36-7)12-10-20)17-21-15-23-19(3)13-18(2)14-24(23)29-27(21)35/h9-15,25H,8,16-17H2,1-7H3,(H,29,35). The summed E-state index contributed by atoms with van der Waals surface area (Å²) >= 11 is 0. The maximum atomic E-state index is 13.2. The molecule has 8 heteroatoms. The predicted molar refractivity (Wildman–Crippen MR) is 142 cm³/mol. The van der Waals surface area contributed by atoms with Crippen LogP contribution in [0.25, 0.3) is 10.9 Å². The minimum atomic E-state index is -0.270. The average Bonchev–Trinajstić information content (AvgIpc) is 3.31. The Kier molecular flexibility index (Phi) is 7.26. The molecule has 0 bridgehead atoms. The molecule has 36 heavy (non-hydrogen) atoms. The number of nitrogens with zero attached hydrogens (tertiary/aromatic N) is 5. The largest absolute Gasteiger partial charge is 0.497 e. The first kappa shape index (κ1) is 25.6. The molecule has 2 aromatic carbocycles. The van der Waals surface area contributed by atoms with Gasteiger partial charge < -0.3 is 9.72 Å². The molecule has 2 heterocycles. The predicted octanol–water partition coefficient (Wildman–Crippen LogP) is 5.05. The molecule has 1 atom stereocenters. The lowest BCUT2D eigenvalue weighted by Crippen LogP contribution is -2.35. The third kappa shape index (κ3) is 5.33. The maximum absolute atomic E-state index is 13.2. The first-order chi connectivity index (χ1) is 17.1. The molecule has 0 radical (unpaired) electrons. The van der Waals surface area contributed by atoms with Crippen molar-refractivity contribution < 1.29 is 4.74 Å². The SMILES string of the molecule is CCC(c1nnnn1C(C)(C)C)N(Cc1ccc(OC)cc1)Cc1cc2c(C)cc(C)cc2[nH]c1=O. The van der Waals surface area contributed by atoms with Gasteiger partial charge in [0.1, 0.15) is 5.75 Å². The molecule has 0 fully saturated rings. The van der Waals surface area contributed by atoms with Gasteiger partial charge in [0.15, 0.2) is 5.82 Å². The molecule has 0 aliphatic rings. The summed E-state index contributed by atoms with van der Waals surface area (Å²) < 4.78 is 7.23. The van der Waals surface area contributed by atoms with E-state index in [9.17, 15) is 4.79 Å². The Morgan fingerprint density at radius 3 is 2.44 bits per heavy atom. The van der Waals surface area contributed by atoms with Crippen molar-refractivity contribution in [2.75, 3.05) is 7.11 Å². The zero-order valence-electron chi connectivity index (χ0n) is 22.3. The lowest BCUT2D eigenvalue weighted by Gasteiger charge is -2.32. The van der Waals surface area contributed by atoms with Gasteiger partial charge in [-0.15, -0.1) is 5.10 Å². The van der Waals surface area contributed by atoms with E-state index >= 15 is 0 Å². The van der Waals surface area contributed by atoms with Gasteiger partial charge in [0.2, 0.25) is 0 Å². The number of methoxy groups -OCH3 is 1. The van der Waals surface area contributed by atoms with Crippen molar-refractivity contribution in [3.8, 4) is 5.75 Å². The first-order valence-electron chi connectivity index (χ1n) is 12.4. The van der Waals surface area contributed by atoms with Crippen molar-refractivity contribution in [2.24, 2.45) is 0 Å². The van der Waals surface area contributed by atoms with E-state index in [1.807, 2.05) is 35.9 Å². The van der Waals surface area contributed by atoms with Gasteiger partial charge in [0.05, 0.1) is 18.7 Å². The Labute approximate surface area is 212 Å². The van der Waals surface area contributed by atoms with Crippen LogP contribution in [0.15, 0.2) is 47.3 Å². The molecule has 0 saturated carbocycles. The number of aromatic amines is 1. The van der Waals surface area contributed by atoms with Crippen molar-refractivity contribution in [1.29, 1.82) is 0 Å². The van der Waals surface area contributed by atoms with Gasteiger partial charge in [-0.1, -0.05) is 25.1 Å². The van der Waals surface area contributed by atoms with Gasteiger partial charge in [-0.2, -0.15) is 0 Å². The van der Waals surface area contributed by atoms with Crippen LogP contribution in [0.2, 0.25) is 0 Å². The van der Waals surface area contributed by atoms with Crippen molar-refractivity contribution >= 4 is 10.9 Å². The minimum absolute atomic E-state index is 0.0718. The van der Waals surface area contributed by atoms with Gasteiger partial charge in [0.25, 0.3) is 5.56 Å². The van der Waals surface area contributed by atoms with Crippen LogP contribution in [0.3, 0.4) is 0 Å². The van der Waals surface area contributed by atoms with Gasteiger partial charge in [-0.3, -0.25) is 9.69 Å². The normalized spacial score (nSPS) is 12.9. The van der Waals surface area contributed by atoms with Gasteiger partial charge >= 0.3 is 0 Å². The Morgan fingerprint density at radius 1 is 1.08 bits per heavy atom. The molecule has 190 valence electrons. The number of nitrogens with one attached hydrogen (secondary N) is 1. The number of hydrogen-bond acceptors (Lipinski definition) is 6. The van der Waals surface area contributed by atoms with Crippen LogP contribution < -0.4 is 10.3 Å². The molecule has 4 rings (SSSR count). The zero-order chi connectivity index (χ0) is 26.0. The molecule has 0 aliphatic carbocycles. The van der Waals surface area contributed by atoms with Crippen molar-refractivity contribution in [3.05, 3.63) is 80.9 Å². The second-order valence-corrected chi connectivity index (χ2v) is 10.5. The molecule has 1 N–H and O–H groups in total. The van der Waals surface area contributed by atoms with Crippen LogP contribution >= 0.6 is 0 Å². The number of aryl methyl sites for hydroxylation is 2. The van der Waals surface area contributed by atoms with E-state index in [2.05, 4.69) is 78.2 Å². The van der Waals surface area contributed by atoms with Gasteiger partial charge in [-0.25, -0.2) is 4.68 Å². The van der Waals surface area contributed by atoms with Crippen LogP contribution in [0.1, 0.15) is 68.2 Å². The van der Waals surface area contributed by atoms with Crippen molar-refractivity contribution in [2.45, 2.75) is 72.6 Å². The van der Waals surface area contributed by atoms with E-state index in [0.29, 0.717) is 13.1 Å². The third-order valence-corrected chi connectivity index (χ3v) is 6.56. The molecule has 1 unspecified atom stereocenters. The van der Waals surface area contributed by atoms with Crippen molar-refractivity contribution in [1.82, 2.24) is 30.1 Å². The number of tetrazole rings is 1. The number of H-pyrrole nitrogens is 1. The number of fused-ring (bicyclic) bond motifs is 1. The van der Waals surface area contributed by atoms with E-state index in [0.717, 1.165) is 51.2 Å². The summed E-state index contributed by atoms with van der Waals surface area (Å²) in [6.45, 7) is 13.6. The van der Waals surface area contributed by atoms with Crippen molar-refractivity contribution in [3.63, 3.8) is 0 Å². The first-order valence-corrected chi connectivity index (χ1v) is 12.4. The fraction of sp³-hybridized carbons (Fsp3) is 0.429. The van der Waals surface area contributed by atoms with E-state index in [1.54, 1.807) is 7.11 Å². The van der Waals surface area contributed by atoms with E-state index in [1.165, 1.54) is 0 Å². The fourth-order valence-corrected chi connectivity index (χ4v) is 4.78. The van der Waals surface area contributed by atoms with E-state index in [-0.39, 0.29) is 17.1 Å². The number of rotatable bonds is 8. The second kappa shape index (κ2) is 10.2. The molecule has 0 aliphatic heterocycles. The van der Waals surface area contributed by atoms with Crippen LogP contribution in [-0.2, 0) is 18.6 Å². The Balaban J connectivity index is 1.78. The summed E-state index contributed by atoms with van der Waals surface area (Å²) in [6, 6.07) is 14.1. The third-order valence-electron chi connectivity index (χ3n) is 6.56. The van der Waals surface area contributed by atoms with Gasteiger partial charge in [0, 0.05) is 29.6 Å². The van der Waals surface area contributed by atoms with Gasteiger partial charge in [-0.05, 0) is 92.4 Å². The minimum Gasteiger partial charge on any atom is -0.497 e. The molecule has 0 spiro atoms. The Bertz CT molecular complexity index is 1400. The van der Waals surface area contributed by atoms with Crippen LogP contribution in [-0.4, -0.2) is 37.2 Å². The van der Waals surface area contributed by atoms with Crippen LogP contribution in [0, 0.1) is 13.8 Å². The lowest BCUT2D eigenvalue weighted by atomic mass is 10.0. The summed E-state index contributed by atoms with van der Waals surface area (Å²) in [5.74, 6) is 1.60. The Morgan fingerprint density at radius 2 is 1.81 bits per heavy atom. The van der Waals surface area contributed by atoms with E-state index < -0.39 is 0 Å². The molecular formula is C28H36N6O2. The highest BCUT2D eigenvalue weighted by molar-refractivity contribution is 5.83. The lowest BCUT2D eigenvalue weighted by molar-refractivity contribution is 0.153. The average molecular weight is 489 g/mol. The summed E-state index contributed by atoms with van der Waals surface area (Å²) in [5.41, 5.74) is 4.64. The fourth-order valence-electron chi connectivity index (χ4n) is 4.78. The highest BCUT2D eigenvalue weighted by atomic mass is 16.5. The number of pyridine rings is 1. The highest BCUT2D eigenvalue weighted by Crippen LogP contribution is 2.29. The van der Waals surface area contributed by atoms with E-state index in [4.69, 9.17) is 4.74 Å². The van der Waals surface area contributed by atoms with Crippen LogP contribution in [0.5, 0.6) is 5.75 Å². The number of benzene rings is 2. The topological polar surface area (TPSA) is 88.9 Å². The molecule has 8 nitrogen and oxygen atoms in total. The monoisotopic (exact) mass is 488 g/mol. The molecule has 4 aromatic rings. The quantitative estimate of drug-likeness (QED) is 0.373. The second-order valence-electron chi connectivity index (χ2n) is 10.5. The number of aromatic nitrogens is 5. The highest BCUT2D eigenvalue weighted by Gasteiger charge is 2.29. The van der Waals surface area contributed by atoms with Crippen LogP contribution in [0.4, 0.5) is 0 Å². The maximum Gasteiger partial charge on any atom is 0.252 e. The summed E-state index contributed by atoms with van der Waals surface area (Å²) in [7, 11) is 1.66. The molecule has 0 amide bonds. The summed E-state index contributed by atoms with van der Waals surface area (Å²) in [5, 5.41) is 13.8. The zero-order valence-corrected chi connectivity index (χ0v) is 22.3.